The maximum atomic E-state index is 5.31. The highest BCUT2D eigenvalue weighted by Crippen LogP contribution is 2.20. The first-order chi connectivity index (χ1) is 8.63. The minimum atomic E-state index is 0.493. The number of hydrogen-bond donors (Lipinski definition) is 1. The lowest BCUT2D eigenvalue weighted by atomic mass is 10.3. The van der Waals surface area contributed by atoms with E-state index in [4.69, 9.17) is 16.7 Å². The molecule has 0 bridgehead atoms. The Morgan fingerprint density at radius 1 is 1.50 bits per heavy atom. The Hall–Kier alpha value is -1.47. The fourth-order valence-corrected chi connectivity index (χ4v) is 2.45. The molecule has 0 amide bonds. The van der Waals surface area contributed by atoms with Gasteiger partial charge in [-0.2, -0.15) is 4.98 Å². The molecule has 0 fully saturated rings. The van der Waals surface area contributed by atoms with E-state index in [9.17, 15) is 0 Å². The molecule has 2 heterocycles. The summed E-state index contributed by atoms with van der Waals surface area (Å²) in [5, 5.41) is 3.88. The van der Waals surface area contributed by atoms with Crippen molar-refractivity contribution in [1.82, 2.24) is 19.7 Å². The van der Waals surface area contributed by atoms with E-state index >= 15 is 0 Å². The minimum Gasteiger partial charge on any atom is -0.340 e. The van der Waals surface area contributed by atoms with E-state index in [0.29, 0.717) is 23.0 Å². The first-order valence-electron chi connectivity index (χ1n) is 5.31. The van der Waals surface area contributed by atoms with Crippen LogP contribution in [0.5, 0.6) is 0 Å². The van der Waals surface area contributed by atoms with Crippen molar-refractivity contribution >= 4 is 39.2 Å². The fraction of sp³-hybridized carbons (Fsp3) is 0.182. The topological polar surface area (TPSA) is 59.6 Å². The molecule has 18 heavy (non-hydrogen) atoms. The Labute approximate surface area is 116 Å². The van der Waals surface area contributed by atoms with E-state index in [0.717, 1.165) is 15.5 Å². The summed E-state index contributed by atoms with van der Waals surface area (Å²) in [4.78, 5) is 7.34. The average Bonchev–Trinajstić information content (AvgIpc) is 2.86. The van der Waals surface area contributed by atoms with Gasteiger partial charge in [0.25, 0.3) is 0 Å². The van der Waals surface area contributed by atoms with Crippen LogP contribution in [0.2, 0.25) is 0 Å². The second kappa shape index (κ2) is 4.33. The van der Waals surface area contributed by atoms with Crippen molar-refractivity contribution in [1.29, 1.82) is 0 Å². The van der Waals surface area contributed by atoms with Crippen molar-refractivity contribution < 1.29 is 4.52 Å². The van der Waals surface area contributed by atoms with Gasteiger partial charge >= 0.3 is 0 Å². The van der Waals surface area contributed by atoms with Gasteiger partial charge in [0.15, 0.2) is 10.6 Å². The second-order valence-electron chi connectivity index (χ2n) is 3.91. The molecule has 0 saturated carbocycles. The SMILES string of the molecule is Cc1nc(Cn2c(=S)[nH]c3ccc(Br)cc32)no1. The molecule has 2 aromatic heterocycles. The second-order valence-corrected chi connectivity index (χ2v) is 5.21. The number of H-pyrrole nitrogens is 1. The molecule has 3 rings (SSSR count). The lowest BCUT2D eigenvalue weighted by Crippen LogP contribution is -2.01. The summed E-state index contributed by atoms with van der Waals surface area (Å²) in [7, 11) is 0. The molecule has 0 unspecified atom stereocenters. The quantitative estimate of drug-likeness (QED) is 0.735. The number of aryl methyl sites for hydroxylation is 1. The van der Waals surface area contributed by atoms with Crippen LogP contribution in [0.1, 0.15) is 11.7 Å². The monoisotopic (exact) mass is 324 g/mol. The number of nitrogens with zero attached hydrogens (tertiary/aromatic N) is 3. The van der Waals surface area contributed by atoms with Gasteiger partial charge in [-0.25, -0.2) is 0 Å². The molecule has 0 aliphatic heterocycles. The third-order valence-electron chi connectivity index (χ3n) is 2.61. The molecule has 1 N–H and O–H groups in total. The summed E-state index contributed by atoms with van der Waals surface area (Å²) in [6.07, 6.45) is 0. The van der Waals surface area contributed by atoms with Gasteiger partial charge in [0.05, 0.1) is 17.6 Å². The first kappa shape index (κ1) is 11.6. The molecule has 0 spiro atoms. The molecule has 5 nitrogen and oxygen atoms in total. The number of nitrogens with one attached hydrogen (secondary N) is 1. The maximum Gasteiger partial charge on any atom is 0.223 e. The van der Waals surface area contributed by atoms with E-state index in [2.05, 4.69) is 31.1 Å². The Balaban J connectivity index is 2.13. The lowest BCUT2D eigenvalue weighted by molar-refractivity contribution is 0.386. The summed E-state index contributed by atoms with van der Waals surface area (Å²) in [6.45, 7) is 2.26. The maximum absolute atomic E-state index is 5.31. The first-order valence-corrected chi connectivity index (χ1v) is 6.51. The third kappa shape index (κ3) is 1.99. The number of aromatic amines is 1. The van der Waals surface area contributed by atoms with Gasteiger partial charge in [-0.3, -0.25) is 0 Å². The van der Waals surface area contributed by atoms with Crippen LogP contribution in [0.15, 0.2) is 27.2 Å². The van der Waals surface area contributed by atoms with Gasteiger partial charge in [-0.1, -0.05) is 21.1 Å². The van der Waals surface area contributed by atoms with Crippen molar-refractivity contribution in [3.8, 4) is 0 Å². The molecular weight excluding hydrogens is 316 g/mol. The molecule has 0 aliphatic rings. The Kier molecular flexibility index (Phi) is 2.79. The van der Waals surface area contributed by atoms with Crippen LogP contribution in [0.4, 0.5) is 0 Å². The van der Waals surface area contributed by atoms with E-state index in [1.165, 1.54) is 0 Å². The predicted molar refractivity (Wildman–Crippen MR) is 73.0 cm³/mol. The highest BCUT2D eigenvalue weighted by Gasteiger charge is 2.09. The van der Waals surface area contributed by atoms with Crippen molar-refractivity contribution in [2.45, 2.75) is 13.5 Å². The molecule has 1 aromatic carbocycles. The highest BCUT2D eigenvalue weighted by atomic mass is 79.9. The third-order valence-corrected chi connectivity index (χ3v) is 3.42. The summed E-state index contributed by atoms with van der Waals surface area (Å²) in [6, 6.07) is 5.96. The molecule has 0 saturated heterocycles. The number of imidazole rings is 1. The van der Waals surface area contributed by atoms with Crippen molar-refractivity contribution in [3.63, 3.8) is 0 Å². The number of halogens is 1. The van der Waals surface area contributed by atoms with Gasteiger partial charge in [0, 0.05) is 11.4 Å². The molecule has 0 atom stereocenters. The zero-order valence-corrected chi connectivity index (χ0v) is 11.9. The van der Waals surface area contributed by atoms with Gasteiger partial charge in [0.2, 0.25) is 5.89 Å². The van der Waals surface area contributed by atoms with Gasteiger partial charge in [0.1, 0.15) is 0 Å². The normalized spacial score (nSPS) is 11.2. The predicted octanol–water partition coefficient (Wildman–Crippen LogP) is 3.20. The van der Waals surface area contributed by atoms with Crippen LogP contribution >= 0.6 is 28.1 Å². The van der Waals surface area contributed by atoms with Crippen molar-refractivity contribution in [3.05, 3.63) is 39.2 Å². The largest absolute Gasteiger partial charge is 0.340 e. The summed E-state index contributed by atoms with van der Waals surface area (Å²) >= 11 is 8.76. The van der Waals surface area contributed by atoms with E-state index in [-0.39, 0.29) is 0 Å². The zero-order valence-electron chi connectivity index (χ0n) is 9.48. The van der Waals surface area contributed by atoms with Crippen LogP contribution in [0, 0.1) is 11.7 Å². The lowest BCUT2D eigenvalue weighted by Gasteiger charge is -2.00. The number of benzene rings is 1. The van der Waals surface area contributed by atoms with Crippen LogP contribution in [0.25, 0.3) is 11.0 Å². The van der Waals surface area contributed by atoms with Gasteiger partial charge in [-0.15, -0.1) is 0 Å². The average molecular weight is 325 g/mol. The van der Waals surface area contributed by atoms with E-state index in [1.54, 1.807) is 6.92 Å². The molecular formula is C11H9BrN4OS. The number of aromatic nitrogens is 4. The molecule has 3 aromatic rings. The zero-order chi connectivity index (χ0) is 12.7. The molecule has 7 heteroatoms. The Morgan fingerprint density at radius 2 is 2.33 bits per heavy atom. The van der Waals surface area contributed by atoms with Crippen LogP contribution in [0.3, 0.4) is 0 Å². The number of rotatable bonds is 2. The molecule has 92 valence electrons. The standard InChI is InChI=1S/C11H9BrN4OS/c1-6-13-10(15-17-6)5-16-9-4-7(12)2-3-8(9)14-11(16)18/h2-4H,5H2,1H3,(H,14,18). The number of fused-ring (bicyclic) bond motifs is 1. The van der Waals surface area contributed by atoms with Crippen molar-refractivity contribution in [2.75, 3.05) is 0 Å². The molecule has 0 radical (unpaired) electrons. The van der Waals surface area contributed by atoms with E-state index < -0.39 is 0 Å². The smallest absolute Gasteiger partial charge is 0.223 e. The van der Waals surface area contributed by atoms with Crippen LogP contribution < -0.4 is 0 Å². The van der Waals surface area contributed by atoms with Gasteiger partial charge in [-0.05, 0) is 30.4 Å². The number of hydrogen-bond acceptors (Lipinski definition) is 4. The highest BCUT2D eigenvalue weighted by molar-refractivity contribution is 9.10. The summed E-state index contributed by atoms with van der Waals surface area (Å²) < 4.78 is 8.55. The Bertz CT molecular complexity index is 773. The van der Waals surface area contributed by atoms with E-state index in [1.807, 2.05) is 22.8 Å². The minimum absolute atomic E-state index is 0.493. The Morgan fingerprint density at radius 3 is 3.06 bits per heavy atom. The van der Waals surface area contributed by atoms with Crippen LogP contribution in [-0.2, 0) is 6.54 Å². The van der Waals surface area contributed by atoms with Gasteiger partial charge < -0.3 is 14.1 Å². The fourth-order valence-electron chi connectivity index (χ4n) is 1.83. The summed E-state index contributed by atoms with van der Waals surface area (Å²) in [5.74, 6) is 1.17. The summed E-state index contributed by atoms with van der Waals surface area (Å²) in [5.41, 5.74) is 2.00. The van der Waals surface area contributed by atoms with Crippen molar-refractivity contribution in [2.24, 2.45) is 0 Å². The van der Waals surface area contributed by atoms with Crippen LogP contribution in [-0.4, -0.2) is 19.7 Å². The molecule has 0 aliphatic carbocycles.